The largest absolute Gasteiger partial charge is 0.493 e. The number of carbonyl (C=O) groups excluding carboxylic acids is 2. The molecule has 0 saturated heterocycles. The number of benzene rings is 1. The minimum absolute atomic E-state index is 0.0108. The number of methoxy groups -OCH3 is 1. The third kappa shape index (κ3) is 8.15. The van der Waals surface area contributed by atoms with Crippen molar-refractivity contribution in [1.82, 2.24) is 10.2 Å². The Kier molecular flexibility index (Phi) is 13.4. The number of unbranched alkanes of at least 4 members (excludes halogenated alkanes) is 8. The topological polar surface area (TPSA) is 129 Å². The summed E-state index contributed by atoms with van der Waals surface area (Å²) in [6, 6.07) is 2.75. The molecule has 1 aromatic carbocycles. The molecule has 2 aliphatic carbocycles. The lowest BCUT2D eigenvalue weighted by atomic mass is 9.76. The minimum atomic E-state index is -1.07. The molecular formula is C35H54N2O7. The van der Waals surface area contributed by atoms with E-state index < -0.39 is 24.2 Å². The maximum Gasteiger partial charge on any atom is 0.247 e. The van der Waals surface area contributed by atoms with Crippen LogP contribution in [0.15, 0.2) is 23.8 Å². The summed E-state index contributed by atoms with van der Waals surface area (Å²) in [5, 5.41) is 34.0. The number of carbonyl (C=O) groups is 2. The highest BCUT2D eigenvalue weighted by molar-refractivity contribution is 5.96. The van der Waals surface area contributed by atoms with Gasteiger partial charge in [-0.25, -0.2) is 0 Å². The molecule has 1 aromatic rings. The predicted molar refractivity (Wildman–Crippen MR) is 170 cm³/mol. The fraction of sp³-hybridized carbons (Fsp3) is 0.714. The average Bonchev–Trinajstić information content (AvgIpc) is 3.44. The van der Waals surface area contributed by atoms with Gasteiger partial charge in [0.05, 0.1) is 32.3 Å². The van der Waals surface area contributed by atoms with Gasteiger partial charge >= 0.3 is 0 Å². The van der Waals surface area contributed by atoms with Crippen LogP contribution in [-0.2, 0) is 16.2 Å². The first-order chi connectivity index (χ1) is 21.4. The molecule has 246 valence electrons. The molecule has 0 bridgehead atoms. The molecule has 44 heavy (non-hydrogen) atoms. The zero-order chi connectivity index (χ0) is 31.5. The standard InChI is InChI=1S/C35H54N2O7/c1-3-4-5-6-7-8-9-10-14-17-30(40)37(25-15-12-11-13-16-25)28-22-27(35(42)36-18-19-38)31-26-20-24(23-39)21-29(43-2)33(26)44-34(31)32(28)41/h20-22,25,28,31-32,34,38-39,41H,3-19,23H2,1-2H3,(H,36,42). The van der Waals surface area contributed by atoms with Gasteiger partial charge in [0, 0.05) is 30.1 Å². The van der Waals surface area contributed by atoms with Crippen LogP contribution >= 0.6 is 0 Å². The maximum atomic E-state index is 14.0. The number of fused-ring (bicyclic) bond motifs is 3. The predicted octanol–water partition coefficient (Wildman–Crippen LogP) is 4.89. The van der Waals surface area contributed by atoms with Crippen LogP contribution in [0.1, 0.15) is 120 Å². The highest BCUT2D eigenvalue weighted by atomic mass is 16.5. The second-order valence-corrected chi connectivity index (χ2v) is 12.7. The van der Waals surface area contributed by atoms with E-state index in [1.54, 1.807) is 18.2 Å². The maximum absolute atomic E-state index is 14.0. The molecule has 9 heteroatoms. The Morgan fingerprint density at radius 2 is 1.68 bits per heavy atom. The molecule has 4 atom stereocenters. The Balaban J connectivity index is 1.58. The molecule has 4 unspecified atom stereocenters. The number of nitrogens with zero attached hydrogens (tertiary/aromatic N) is 1. The van der Waals surface area contributed by atoms with E-state index in [2.05, 4.69) is 12.2 Å². The van der Waals surface area contributed by atoms with Crippen LogP contribution in [0.4, 0.5) is 0 Å². The van der Waals surface area contributed by atoms with Crippen molar-refractivity contribution in [2.75, 3.05) is 20.3 Å². The van der Waals surface area contributed by atoms with Crippen molar-refractivity contribution in [2.24, 2.45) is 0 Å². The molecule has 0 spiro atoms. The van der Waals surface area contributed by atoms with Gasteiger partial charge in [-0.3, -0.25) is 9.59 Å². The van der Waals surface area contributed by atoms with Crippen LogP contribution in [-0.4, -0.2) is 76.6 Å². The summed E-state index contributed by atoms with van der Waals surface area (Å²) >= 11 is 0. The normalized spacial score (nSPS) is 22.9. The number of ether oxygens (including phenoxy) is 2. The van der Waals surface area contributed by atoms with Gasteiger partial charge in [0.1, 0.15) is 12.2 Å². The number of rotatable bonds is 17. The fourth-order valence-corrected chi connectivity index (χ4v) is 7.28. The second-order valence-electron chi connectivity index (χ2n) is 12.7. The Bertz CT molecular complexity index is 1120. The summed E-state index contributed by atoms with van der Waals surface area (Å²) < 4.78 is 11.9. The number of hydrogen-bond donors (Lipinski definition) is 4. The number of hydrogen-bond acceptors (Lipinski definition) is 7. The summed E-state index contributed by atoms with van der Waals surface area (Å²) in [4.78, 5) is 29.5. The Labute approximate surface area is 263 Å². The fourth-order valence-electron chi connectivity index (χ4n) is 7.28. The third-order valence-electron chi connectivity index (χ3n) is 9.57. The molecule has 4 rings (SSSR count). The van der Waals surface area contributed by atoms with E-state index in [1.807, 2.05) is 4.90 Å². The van der Waals surface area contributed by atoms with Crippen molar-refractivity contribution in [3.8, 4) is 11.5 Å². The van der Waals surface area contributed by atoms with Gasteiger partial charge < -0.3 is 35.0 Å². The monoisotopic (exact) mass is 614 g/mol. The zero-order valence-corrected chi connectivity index (χ0v) is 26.8. The Morgan fingerprint density at radius 1 is 1.00 bits per heavy atom. The molecule has 1 aliphatic heterocycles. The first-order valence-corrected chi connectivity index (χ1v) is 17.0. The summed E-state index contributed by atoms with van der Waals surface area (Å²) in [7, 11) is 1.52. The van der Waals surface area contributed by atoms with E-state index in [0.717, 1.165) is 51.4 Å². The lowest BCUT2D eigenvalue weighted by Crippen LogP contribution is -2.58. The van der Waals surface area contributed by atoms with Crippen LogP contribution in [0.25, 0.3) is 0 Å². The van der Waals surface area contributed by atoms with E-state index in [1.165, 1.54) is 45.6 Å². The lowest BCUT2D eigenvalue weighted by molar-refractivity contribution is -0.141. The van der Waals surface area contributed by atoms with Gasteiger partial charge in [-0.05, 0) is 43.0 Å². The van der Waals surface area contributed by atoms with E-state index >= 15 is 0 Å². The summed E-state index contributed by atoms with van der Waals surface area (Å²) in [6.45, 7) is 1.88. The van der Waals surface area contributed by atoms with Gasteiger partial charge in [0.15, 0.2) is 11.5 Å². The van der Waals surface area contributed by atoms with Crippen molar-refractivity contribution in [3.05, 3.63) is 34.9 Å². The van der Waals surface area contributed by atoms with Crippen molar-refractivity contribution in [1.29, 1.82) is 0 Å². The van der Waals surface area contributed by atoms with Crippen LogP contribution in [0.5, 0.6) is 11.5 Å². The summed E-state index contributed by atoms with van der Waals surface area (Å²) in [5.41, 5.74) is 1.66. The molecule has 0 radical (unpaired) electrons. The van der Waals surface area contributed by atoms with Gasteiger partial charge in [-0.1, -0.05) is 77.6 Å². The van der Waals surface area contributed by atoms with E-state index in [-0.39, 0.29) is 37.6 Å². The molecule has 1 fully saturated rings. The van der Waals surface area contributed by atoms with Crippen LogP contribution in [0.2, 0.25) is 0 Å². The zero-order valence-electron chi connectivity index (χ0n) is 26.8. The second kappa shape index (κ2) is 17.2. The first kappa shape index (κ1) is 34.3. The van der Waals surface area contributed by atoms with Crippen LogP contribution in [0.3, 0.4) is 0 Å². The lowest BCUT2D eigenvalue weighted by Gasteiger charge is -2.45. The molecule has 3 aliphatic rings. The number of aliphatic hydroxyl groups is 3. The number of aliphatic hydroxyl groups excluding tert-OH is 3. The molecule has 0 aromatic heterocycles. The third-order valence-corrected chi connectivity index (χ3v) is 9.57. The van der Waals surface area contributed by atoms with Crippen molar-refractivity contribution in [3.63, 3.8) is 0 Å². The van der Waals surface area contributed by atoms with Gasteiger partial charge in [-0.2, -0.15) is 0 Å². The van der Waals surface area contributed by atoms with Gasteiger partial charge in [0.25, 0.3) is 0 Å². The van der Waals surface area contributed by atoms with E-state index in [9.17, 15) is 24.9 Å². The van der Waals surface area contributed by atoms with Gasteiger partial charge in [-0.15, -0.1) is 0 Å². The SMILES string of the molecule is CCCCCCCCCCCC(=O)N(C1CCCCC1)C1C=C(C(=O)NCCO)C2c3cc(CO)cc(OC)c3OC2C1O. The molecule has 1 saturated carbocycles. The number of nitrogens with one attached hydrogen (secondary N) is 1. The average molecular weight is 615 g/mol. The molecular weight excluding hydrogens is 560 g/mol. The van der Waals surface area contributed by atoms with Crippen LogP contribution < -0.4 is 14.8 Å². The molecule has 1 heterocycles. The van der Waals surface area contributed by atoms with Crippen molar-refractivity contribution in [2.45, 2.75) is 140 Å². The van der Waals surface area contributed by atoms with E-state index in [0.29, 0.717) is 34.6 Å². The minimum Gasteiger partial charge on any atom is -0.493 e. The van der Waals surface area contributed by atoms with Crippen molar-refractivity contribution >= 4 is 11.8 Å². The summed E-state index contributed by atoms with van der Waals surface area (Å²) in [5.74, 6) is -0.109. The van der Waals surface area contributed by atoms with Crippen molar-refractivity contribution < 1.29 is 34.4 Å². The Hall–Kier alpha value is -2.62. The van der Waals surface area contributed by atoms with Gasteiger partial charge in [0.2, 0.25) is 11.8 Å². The van der Waals surface area contributed by atoms with E-state index in [4.69, 9.17) is 9.47 Å². The molecule has 4 N–H and O–H groups in total. The summed E-state index contributed by atoms with van der Waals surface area (Å²) in [6.07, 6.45) is 15.7. The highest BCUT2D eigenvalue weighted by Crippen LogP contribution is 2.51. The highest BCUT2D eigenvalue weighted by Gasteiger charge is 2.52. The Morgan fingerprint density at radius 3 is 2.32 bits per heavy atom. The molecule has 2 amide bonds. The smallest absolute Gasteiger partial charge is 0.247 e. The molecule has 9 nitrogen and oxygen atoms in total. The van der Waals surface area contributed by atoms with Crippen LogP contribution in [0, 0.1) is 0 Å². The number of amides is 2. The quantitative estimate of drug-likeness (QED) is 0.184. The first-order valence-electron chi connectivity index (χ1n) is 17.0.